The number of allylic oxidation sites excluding steroid dienone is 2. The summed E-state index contributed by atoms with van der Waals surface area (Å²) in [5.74, 6) is 0. The second kappa shape index (κ2) is 10.4. The van der Waals surface area contributed by atoms with Gasteiger partial charge < -0.3 is 14.2 Å². The van der Waals surface area contributed by atoms with Crippen LogP contribution < -0.4 is 0 Å². The van der Waals surface area contributed by atoms with Gasteiger partial charge >= 0.3 is 0 Å². The molecule has 0 amide bonds. The van der Waals surface area contributed by atoms with E-state index in [9.17, 15) is 16.8 Å². The second-order valence-electron chi connectivity index (χ2n) is 4.00. The number of hydrogen-bond acceptors (Lipinski definition) is 9. The maximum absolute atomic E-state index is 12.5. The Balaban J connectivity index is 6.49. The van der Waals surface area contributed by atoms with E-state index in [4.69, 9.17) is 24.7 Å². The molecule has 0 saturated carbocycles. The molecular formula is C14H18N2O7S2. The van der Waals surface area contributed by atoms with Crippen LogP contribution in [0.5, 0.6) is 0 Å². The molecule has 0 spiro atoms. The van der Waals surface area contributed by atoms with Gasteiger partial charge in [0.1, 0.15) is 30.9 Å². The van der Waals surface area contributed by atoms with Gasteiger partial charge in [0.15, 0.2) is 9.81 Å². The fourth-order valence-electron chi connectivity index (χ4n) is 1.26. The third-order valence-electron chi connectivity index (χ3n) is 2.39. The molecule has 0 rings (SSSR count). The van der Waals surface area contributed by atoms with Gasteiger partial charge in [-0.1, -0.05) is 0 Å². The van der Waals surface area contributed by atoms with Gasteiger partial charge in [-0.2, -0.15) is 10.5 Å². The molecule has 25 heavy (non-hydrogen) atoms. The first-order valence-electron chi connectivity index (χ1n) is 6.99. The summed E-state index contributed by atoms with van der Waals surface area (Å²) < 4.78 is 63.2. The van der Waals surface area contributed by atoms with E-state index in [0.29, 0.717) is 18.8 Å². The van der Waals surface area contributed by atoms with E-state index in [1.165, 1.54) is 19.1 Å². The lowest BCUT2D eigenvalue weighted by Gasteiger charge is -2.09. The van der Waals surface area contributed by atoms with Crippen LogP contribution in [0.3, 0.4) is 0 Å². The topological polar surface area (TPSA) is 144 Å². The molecular weight excluding hydrogens is 372 g/mol. The molecule has 138 valence electrons. The van der Waals surface area contributed by atoms with Gasteiger partial charge in [-0.15, -0.1) is 0 Å². The smallest absolute Gasteiger partial charge is 0.234 e. The molecule has 0 atom stereocenters. The molecule has 0 aliphatic rings. The van der Waals surface area contributed by atoms with E-state index >= 15 is 0 Å². The van der Waals surface area contributed by atoms with Crippen molar-refractivity contribution in [3.63, 3.8) is 0 Å². The summed E-state index contributed by atoms with van der Waals surface area (Å²) in [6, 6.07) is 2.72. The highest BCUT2D eigenvalue weighted by molar-refractivity contribution is 8.17. The Labute approximate surface area is 147 Å². The average Bonchev–Trinajstić information content (AvgIpc) is 2.55. The summed E-state index contributed by atoms with van der Waals surface area (Å²) >= 11 is 0. The van der Waals surface area contributed by atoms with E-state index < -0.39 is 33.7 Å². The van der Waals surface area contributed by atoms with Crippen molar-refractivity contribution >= 4 is 19.7 Å². The van der Waals surface area contributed by atoms with Gasteiger partial charge in [-0.05, 0) is 20.8 Å². The molecule has 0 N–H and O–H groups in total. The summed E-state index contributed by atoms with van der Waals surface area (Å²) in [5, 5.41) is 18.0. The molecule has 0 fully saturated rings. The van der Waals surface area contributed by atoms with Crippen molar-refractivity contribution in [3.05, 3.63) is 32.8 Å². The van der Waals surface area contributed by atoms with Crippen molar-refractivity contribution in [3.8, 4) is 12.1 Å². The van der Waals surface area contributed by atoms with Gasteiger partial charge in [0, 0.05) is 0 Å². The van der Waals surface area contributed by atoms with Crippen LogP contribution in [0, 0.1) is 22.7 Å². The number of nitriles is 2. The molecule has 0 saturated heterocycles. The minimum absolute atomic E-state index is 0.0390. The maximum Gasteiger partial charge on any atom is 0.234 e. The first-order chi connectivity index (χ1) is 11.7. The van der Waals surface area contributed by atoms with E-state index in [1.807, 2.05) is 0 Å². The third-order valence-corrected chi connectivity index (χ3v) is 6.49. The maximum atomic E-state index is 12.5. The van der Waals surface area contributed by atoms with Crippen LogP contribution in [-0.4, -0.2) is 36.7 Å². The van der Waals surface area contributed by atoms with Gasteiger partial charge in [0.05, 0.1) is 19.8 Å². The summed E-state index contributed by atoms with van der Waals surface area (Å²) in [6.07, 6.45) is 1.73. The average molecular weight is 390 g/mol. The Hall–Kier alpha value is -2.50. The molecule has 0 aliphatic heterocycles. The molecule has 9 nitrogen and oxygen atoms in total. The van der Waals surface area contributed by atoms with Crippen LogP contribution in [0.15, 0.2) is 32.8 Å². The van der Waals surface area contributed by atoms with E-state index in [0.717, 1.165) is 0 Å². The van der Waals surface area contributed by atoms with Crippen molar-refractivity contribution in [2.24, 2.45) is 0 Å². The highest BCUT2D eigenvalue weighted by Gasteiger charge is 2.38. The van der Waals surface area contributed by atoms with Gasteiger partial charge in [-0.3, -0.25) is 0 Å². The molecule has 0 heterocycles. The van der Waals surface area contributed by atoms with Gasteiger partial charge in [0.25, 0.3) is 0 Å². The lowest BCUT2D eigenvalue weighted by Crippen LogP contribution is -2.18. The van der Waals surface area contributed by atoms with Crippen LogP contribution in [0.2, 0.25) is 0 Å². The van der Waals surface area contributed by atoms with Crippen molar-refractivity contribution < 1.29 is 31.0 Å². The predicted octanol–water partition coefficient (Wildman–Crippen LogP) is 1.45. The van der Waals surface area contributed by atoms with E-state index in [1.54, 1.807) is 13.8 Å². The number of nitrogens with zero attached hydrogens (tertiary/aromatic N) is 2. The molecule has 0 aromatic rings. The Morgan fingerprint density at radius 2 is 1.08 bits per heavy atom. The number of sulfone groups is 2. The van der Waals surface area contributed by atoms with Crippen molar-refractivity contribution in [2.45, 2.75) is 20.8 Å². The summed E-state index contributed by atoms with van der Waals surface area (Å²) in [6.45, 7) is 4.67. The van der Waals surface area contributed by atoms with Crippen LogP contribution in [0.4, 0.5) is 0 Å². The Kier molecular flexibility index (Phi) is 9.34. The lowest BCUT2D eigenvalue weighted by atomic mass is 10.7. The predicted molar refractivity (Wildman–Crippen MR) is 88.2 cm³/mol. The molecule has 0 aromatic heterocycles. The number of hydrogen-bond donors (Lipinski definition) is 0. The Bertz CT molecular complexity index is 773. The van der Waals surface area contributed by atoms with Gasteiger partial charge in [0.2, 0.25) is 23.9 Å². The van der Waals surface area contributed by atoms with Crippen molar-refractivity contribution in [1.82, 2.24) is 0 Å². The molecule has 0 aromatic carbocycles. The molecule has 0 radical (unpaired) electrons. The van der Waals surface area contributed by atoms with Crippen molar-refractivity contribution in [1.29, 1.82) is 10.5 Å². The minimum Gasteiger partial charge on any atom is -0.499 e. The zero-order chi connectivity index (χ0) is 19.5. The van der Waals surface area contributed by atoms with Gasteiger partial charge in [-0.25, -0.2) is 16.8 Å². The van der Waals surface area contributed by atoms with Crippen LogP contribution in [0.1, 0.15) is 20.8 Å². The number of ether oxygens (including phenoxy) is 3. The Morgan fingerprint density at radius 3 is 1.36 bits per heavy atom. The minimum atomic E-state index is -4.82. The second-order valence-corrected chi connectivity index (χ2v) is 8.03. The Morgan fingerprint density at radius 1 is 0.760 bits per heavy atom. The first-order valence-corrected chi connectivity index (χ1v) is 9.96. The quantitative estimate of drug-likeness (QED) is 0.400. The van der Waals surface area contributed by atoms with Crippen LogP contribution in [0.25, 0.3) is 0 Å². The number of rotatable bonds is 10. The summed E-state index contributed by atoms with van der Waals surface area (Å²) in [7, 11) is -9.64. The van der Waals surface area contributed by atoms with Crippen LogP contribution in [-0.2, 0) is 33.9 Å². The molecule has 0 bridgehead atoms. The fourth-order valence-corrected chi connectivity index (χ4v) is 4.40. The molecule has 0 aliphatic carbocycles. The summed E-state index contributed by atoms with van der Waals surface area (Å²) in [4.78, 5) is -1.89. The fraction of sp³-hybridized carbons (Fsp3) is 0.429. The normalized spacial score (nSPS) is 12.5. The van der Waals surface area contributed by atoms with E-state index in [-0.39, 0.29) is 19.8 Å². The SMILES string of the molecule is CCOC=C(S(=O)(=O)/C(C#N)=C/OCC)S(=O)(=O)/C(C#N)=C/OCC. The largest absolute Gasteiger partial charge is 0.499 e. The standard InChI is InChI=1S/C14H18N2O7S2/c1-4-21-9-12(7-15)24(17,18)14(11-23-6-3)25(19,20)13(8-16)10-22-5-2/h9-11H,4-6H2,1-3H3/b12-9+,13-10+. The lowest BCUT2D eigenvalue weighted by molar-refractivity contribution is 0.268. The zero-order valence-corrected chi connectivity index (χ0v) is 15.6. The third kappa shape index (κ3) is 5.81. The van der Waals surface area contributed by atoms with Crippen molar-refractivity contribution in [2.75, 3.05) is 19.8 Å². The molecule has 0 unspecified atom stereocenters. The zero-order valence-electron chi connectivity index (χ0n) is 13.9. The van der Waals surface area contributed by atoms with E-state index in [2.05, 4.69) is 0 Å². The molecule has 11 heteroatoms. The highest BCUT2D eigenvalue weighted by Crippen LogP contribution is 2.27. The summed E-state index contributed by atoms with van der Waals surface area (Å²) in [5.41, 5.74) is 0. The highest BCUT2D eigenvalue weighted by atomic mass is 32.3. The van der Waals surface area contributed by atoms with Crippen LogP contribution >= 0.6 is 0 Å². The first kappa shape index (κ1) is 22.5. The monoisotopic (exact) mass is 390 g/mol.